The lowest BCUT2D eigenvalue weighted by molar-refractivity contribution is 0.0642. The van der Waals surface area contributed by atoms with Gasteiger partial charge < -0.3 is 15.0 Å². The third kappa shape index (κ3) is 3.76. The van der Waals surface area contributed by atoms with Crippen molar-refractivity contribution in [3.05, 3.63) is 29.3 Å². The van der Waals surface area contributed by atoms with Crippen molar-refractivity contribution in [3.63, 3.8) is 0 Å². The molecule has 0 saturated carbocycles. The van der Waals surface area contributed by atoms with Crippen LogP contribution in [0.3, 0.4) is 0 Å². The fraction of sp³-hybridized carbons (Fsp3) is 0.588. The summed E-state index contributed by atoms with van der Waals surface area (Å²) in [6.07, 6.45) is 3.06. The molecule has 0 radical (unpaired) electrons. The van der Waals surface area contributed by atoms with Gasteiger partial charge in [-0.15, -0.1) is 0 Å². The van der Waals surface area contributed by atoms with Crippen LogP contribution >= 0.6 is 0 Å². The smallest absolute Gasteiger partial charge is 0.254 e. The van der Waals surface area contributed by atoms with Crippen LogP contribution in [-0.4, -0.2) is 43.6 Å². The van der Waals surface area contributed by atoms with Gasteiger partial charge in [-0.2, -0.15) is 0 Å². The predicted molar refractivity (Wildman–Crippen MR) is 85.0 cm³/mol. The molecule has 1 amide bonds. The van der Waals surface area contributed by atoms with Crippen molar-refractivity contribution in [3.8, 4) is 5.75 Å². The van der Waals surface area contributed by atoms with Gasteiger partial charge in [-0.25, -0.2) is 0 Å². The number of amides is 1. The molecule has 4 heteroatoms. The second kappa shape index (κ2) is 7.46. The fourth-order valence-electron chi connectivity index (χ4n) is 2.93. The first-order valence-electron chi connectivity index (χ1n) is 7.83. The summed E-state index contributed by atoms with van der Waals surface area (Å²) in [6, 6.07) is 6.08. The highest BCUT2D eigenvalue weighted by Crippen LogP contribution is 2.22. The van der Waals surface area contributed by atoms with Gasteiger partial charge >= 0.3 is 0 Å². The number of benzene rings is 1. The number of carbonyl (C=O) groups excluding carboxylic acids is 1. The van der Waals surface area contributed by atoms with Gasteiger partial charge in [-0.1, -0.05) is 13.0 Å². The van der Waals surface area contributed by atoms with E-state index < -0.39 is 0 Å². The highest BCUT2D eigenvalue weighted by atomic mass is 16.5. The predicted octanol–water partition coefficient (Wildman–Crippen LogP) is 2.61. The summed E-state index contributed by atoms with van der Waals surface area (Å²) in [5.41, 5.74) is 1.78. The number of carbonyl (C=O) groups is 1. The Bertz CT molecular complexity index is 482. The van der Waals surface area contributed by atoms with Gasteiger partial charge in [0.2, 0.25) is 0 Å². The zero-order chi connectivity index (χ0) is 15.2. The molecule has 0 aliphatic carbocycles. The third-order valence-corrected chi connectivity index (χ3v) is 4.13. The molecule has 1 N–H and O–H groups in total. The summed E-state index contributed by atoms with van der Waals surface area (Å²) in [6.45, 7) is 6.92. The lowest BCUT2D eigenvalue weighted by Gasteiger charge is -2.34. The summed E-state index contributed by atoms with van der Waals surface area (Å²) in [4.78, 5) is 14.9. The largest absolute Gasteiger partial charge is 0.496 e. The monoisotopic (exact) mass is 290 g/mol. The van der Waals surface area contributed by atoms with Crippen LogP contribution < -0.4 is 10.1 Å². The number of hydrogen-bond donors (Lipinski definition) is 1. The number of nitrogens with zero attached hydrogens (tertiary/aromatic N) is 1. The van der Waals surface area contributed by atoms with E-state index in [1.807, 2.05) is 30.0 Å². The molecule has 1 saturated heterocycles. The second-order valence-corrected chi connectivity index (χ2v) is 5.66. The van der Waals surface area contributed by atoms with Gasteiger partial charge in [0.05, 0.1) is 7.11 Å². The van der Waals surface area contributed by atoms with E-state index in [0.29, 0.717) is 6.04 Å². The Balaban J connectivity index is 2.20. The first kappa shape index (κ1) is 15.8. The van der Waals surface area contributed by atoms with Crippen LogP contribution in [0.15, 0.2) is 18.2 Å². The van der Waals surface area contributed by atoms with Gasteiger partial charge in [-0.3, -0.25) is 4.79 Å². The van der Waals surface area contributed by atoms with Gasteiger partial charge in [0.1, 0.15) is 5.75 Å². The second-order valence-electron chi connectivity index (χ2n) is 5.66. The van der Waals surface area contributed by atoms with E-state index in [9.17, 15) is 4.79 Å². The highest BCUT2D eigenvalue weighted by molar-refractivity contribution is 5.95. The Morgan fingerprint density at radius 1 is 1.38 bits per heavy atom. The summed E-state index contributed by atoms with van der Waals surface area (Å²) < 4.78 is 5.34. The summed E-state index contributed by atoms with van der Waals surface area (Å²) in [7, 11) is 1.65. The molecule has 0 atom stereocenters. The number of ether oxygens (including phenoxy) is 1. The number of hydrogen-bond acceptors (Lipinski definition) is 3. The van der Waals surface area contributed by atoms with E-state index in [4.69, 9.17) is 4.74 Å². The minimum atomic E-state index is 0.127. The molecule has 1 aliphatic rings. The summed E-state index contributed by atoms with van der Waals surface area (Å²) >= 11 is 0. The van der Waals surface area contributed by atoms with Crippen molar-refractivity contribution in [2.45, 2.75) is 39.2 Å². The highest BCUT2D eigenvalue weighted by Gasteiger charge is 2.25. The molecule has 4 nitrogen and oxygen atoms in total. The van der Waals surface area contributed by atoms with Crippen LogP contribution in [0.2, 0.25) is 0 Å². The zero-order valence-electron chi connectivity index (χ0n) is 13.3. The van der Waals surface area contributed by atoms with Crippen LogP contribution in [0.1, 0.15) is 42.1 Å². The van der Waals surface area contributed by atoms with Crippen LogP contribution in [0.4, 0.5) is 0 Å². The minimum Gasteiger partial charge on any atom is -0.496 e. The number of nitrogens with one attached hydrogen (secondary N) is 1. The molecule has 0 bridgehead atoms. The molecule has 0 unspecified atom stereocenters. The normalized spacial score (nSPS) is 15.8. The van der Waals surface area contributed by atoms with Crippen molar-refractivity contribution in [2.75, 3.05) is 26.7 Å². The van der Waals surface area contributed by atoms with Crippen LogP contribution in [-0.2, 0) is 0 Å². The molecule has 116 valence electrons. The first-order chi connectivity index (χ1) is 10.2. The molecule has 1 aromatic carbocycles. The van der Waals surface area contributed by atoms with Crippen molar-refractivity contribution < 1.29 is 9.53 Å². The molecule has 1 aliphatic heterocycles. The Kier molecular flexibility index (Phi) is 5.62. The number of piperidine rings is 1. The van der Waals surface area contributed by atoms with Gasteiger partial charge in [0.15, 0.2) is 0 Å². The maximum atomic E-state index is 12.9. The van der Waals surface area contributed by atoms with Crippen molar-refractivity contribution >= 4 is 5.91 Å². The Morgan fingerprint density at radius 3 is 2.71 bits per heavy atom. The molecule has 1 fully saturated rings. The summed E-state index contributed by atoms with van der Waals surface area (Å²) in [5.74, 6) is 0.907. The van der Waals surface area contributed by atoms with Gasteiger partial charge in [0.25, 0.3) is 5.91 Å². The lowest BCUT2D eigenvalue weighted by atomic mass is 10.0. The average molecular weight is 290 g/mol. The van der Waals surface area contributed by atoms with E-state index in [1.54, 1.807) is 7.11 Å². The van der Waals surface area contributed by atoms with Crippen molar-refractivity contribution in [1.82, 2.24) is 10.2 Å². The topological polar surface area (TPSA) is 41.6 Å². The Morgan fingerprint density at radius 2 is 2.10 bits per heavy atom. The van der Waals surface area contributed by atoms with E-state index in [1.165, 1.54) is 0 Å². The molecule has 21 heavy (non-hydrogen) atoms. The fourth-order valence-corrected chi connectivity index (χ4v) is 2.93. The Hall–Kier alpha value is -1.55. The summed E-state index contributed by atoms with van der Waals surface area (Å²) in [5, 5.41) is 3.36. The standard InChI is InChI=1S/C17H26N2O2/c1-4-11-19(15-7-9-18-10-8-15)17(20)14-6-5-13(2)16(12-14)21-3/h5-6,12,15,18H,4,7-11H2,1-3H3. The molecule has 1 heterocycles. The molecule has 0 aromatic heterocycles. The lowest BCUT2D eigenvalue weighted by Crippen LogP contribution is -2.46. The SMILES string of the molecule is CCCN(C(=O)c1ccc(C)c(OC)c1)C1CCNCC1. The maximum absolute atomic E-state index is 12.9. The molecule has 1 aromatic rings. The maximum Gasteiger partial charge on any atom is 0.254 e. The van der Waals surface area contributed by atoms with E-state index in [0.717, 1.165) is 55.8 Å². The quantitative estimate of drug-likeness (QED) is 0.906. The third-order valence-electron chi connectivity index (χ3n) is 4.13. The van der Waals surface area contributed by atoms with Gasteiger partial charge in [0, 0.05) is 18.2 Å². The molecular formula is C17H26N2O2. The number of methoxy groups -OCH3 is 1. The minimum absolute atomic E-state index is 0.127. The van der Waals surface area contributed by atoms with Gasteiger partial charge in [-0.05, 0) is 57.0 Å². The van der Waals surface area contributed by atoms with E-state index in [-0.39, 0.29) is 5.91 Å². The van der Waals surface area contributed by atoms with Crippen LogP contribution in [0.5, 0.6) is 5.75 Å². The average Bonchev–Trinajstić information content (AvgIpc) is 2.53. The zero-order valence-corrected chi connectivity index (χ0v) is 13.3. The van der Waals surface area contributed by atoms with E-state index >= 15 is 0 Å². The molecular weight excluding hydrogens is 264 g/mol. The number of rotatable bonds is 5. The van der Waals surface area contributed by atoms with Crippen molar-refractivity contribution in [2.24, 2.45) is 0 Å². The van der Waals surface area contributed by atoms with Crippen molar-refractivity contribution in [1.29, 1.82) is 0 Å². The number of aryl methyl sites for hydroxylation is 1. The van der Waals surface area contributed by atoms with Crippen LogP contribution in [0, 0.1) is 6.92 Å². The Labute approximate surface area is 127 Å². The molecule has 0 spiro atoms. The van der Waals surface area contributed by atoms with E-state index in [2.05, 4.69) is 12.2 Å². The van der Waals surface area contributed by atoms with Crippen LogP contribution in [0.25, 0.3) is 0 Å². The molecule has 2 rings (SSSR count). The first-order valence-corrected chi connectivity index (χ1v) is 7.83.